The molecule has 0 fully saturated rings. The molecule has 1 amide bonds. The second-order valence-electron chi connectivity index (χ2n) is 3.70. The molecule has 94 valence electrons. The Hall–Kier alpha value is -2.64. The zero-order chi connectivity index (χ0) is 13.3. The van der Waals surface area contributed by atoms with Gasteiger partial charge in [0.2, 0.25) is 0 Å². The van der Waals surface area contributed by atoms with Gasteiger partial charge in [-0.3, -0.25) is 14.2 Å². The predicted molar refractivity (Wildman–Crippen MR) is 61.3 cm³/mol. The molecule has 0 aliphatic carbocycles. The van der Waals surface area contributed by atoms with Crippen LogP contribution in [0.15, 0.2) is 18.5 Å². The number of rotatable bonds is 3. The second-order valence-corrected chi connectivity index (χ2v) is 3.70. The monoisotopic (exact) mass is 249 g/mol. The molecule has 0 radical (unpaired) electrons. The number of carbonyl (C=O) groups is 2. The van der Waals surface area contributed by atoms with E-state index in [0.717, 1.165) is 0 Å². The van der Waals surface area contributed by atoms with E-state index in [4.69, 9.17) is 5.11 Å². The van der Waals surface area contributed by atoms with Gasteiger partial charge in [-0.2, -0.15) is 10.2 Å². The number of anilines is 1. The maximum atomic E-state index is 11.9. The predicted octanol–water partition coefficient (Wildman–Crippen LogP) is 0.104. The number of nitrogens with zero attached hydrogens (tertiary/aromatic N) is 4. The lowest BCUT2D eigenvalue weighted by molar-refractivity contribution is 0.0685. The highest BCUT2D eigenvalue weighted by molar-refractivity contribution is 6.09. The third kappa shape index (κ3) is 2.21. The van der Waals surface area contributed by atoms with E-state index in [-0.39, 0.29) is 11.3 Å². The van der Waals surface area contributed by atoms with Crippen molar-refractivity contribution in [1.29, 1.82) is 0 Å². The molecule has 0 bridgehead atoms. The molecule has 18 heavy (non-hydrogen) atoms. The van der Waals surface area contributed by atoms with E-state index in [2.05, 4.69) is 15.5 Å². The highest BCUT2D eigenvalue weighted by atomic mass is 16.4. The summed E-state index contributed by atoms with van der Waals surface area (Å²) in [6.07, 6.45) is 3.01. The van der Waals surface area contributed by atoms with Crippen LogP contribution >= 0.6 is 0 Å². The molecule has 0 spiro atoms. The average molecular weight is 249 g/mol. The number of hydrogen-bond donors (Lipinski definition) is 2. The number of nitrogens with one attached hydrogen (secondary N) is 1. The molecule has 2 aromatic heterocycles. The van der Waals surface area contributed by atoms with Crippen LogP contribution in [0.3, 0.4) is 0 Å². The molecular formula is C10H11N5O3. The molecule has 8 heteroatoms. The van der Waals surface area contributed by atoms with Gasteiger partial charge in [0.05, 0.1) is 5.56 Å². The van der Waals surface area contributed by atoms with Crippen molar-refractivity contribution in [2.24, 2.45) is 14.1 Å². The summed E-state index contributed by atoms with van der Waals surface area (Å²) in [6, 6.07) is 1.61. The molecule has 0 saturated heterocycles. The molecule has 0 aliphatic heterocycles. The number of carboxylic acids is 1. The number of aromatic nitrogens is 4. The van der Waals surface area contributed by atoms with Crippen molar-refractivity contribution in [3.63, 3.8) is 0 Å². The zero-order valence-corrected chi connectivity index (χ0v) is 9.78. The quantitative estimate of drug-likeness (QED) is 0.803. The van der Waals surface area contributed by atoms with Crippen molar-refractivity contribution in [3.8, 4) is 0 Å². The number of carbonyl (C=O) groups excluding carboxylic acids is 1. The smallest absolute Gasteiger partial charge is 0.357 e. The molecule has 0 aromatic carbocycles. The SMILES string of the molecule is Cn1ccc(NC(=O)c2cn(C)nc2C(=O)O)n1. The Morgan fingerprint density at radius 3 is 2.56 bits per heavy atom. The van der Waals surface area contributed by atoms with Gasteiger partial charge in [-0.25, -0.2) is 4.79 Å². The van der Waals surface area contributed by atoms with Gasteiger partial charge in [0, 0.05) is 32.6 Å². The van der Waals surface area contributed by atoms with Crippen LogP contribution in [-0.4, -0.2) is 36.5 Å². The second kappa shape index (κ2) is 4.32. The lowest BCUT2D eigenvalue weighted by Crippen LogP contribution is -2.15. The first-order valence-corrected chi connectivity index (χ1v) is 5.05. The third-order valence-corrected chi connectivity index (χ3v) is 2.23. The van der Waals surface area contributed by atoms with Gasteiger partial charge in [0.1, 0.15) is 0 Å². The van der Waals surface area contributed by atoms with Crippen LogP contribution in [0.25, 0.3) is 0 Å². The molecule has 0 saturated carbocycles. The first-order valence-electron chi connectivity index (χ1n) is 5.05. The largest absolute Gasteiger partial charge is 0.476 e. The van der Waals surface area contributed by atoms with Crippen molar-refractivity contribution in [2.45, 2.75) is 0 Å². The topological polar surface area (TPSA) is 102 Å². The summed E-state index contributed by atoms with van der Waals surface area (Å²) in [5.74, 6) is -1.45. The molecule has 0 unspecified atom stereocenters. The Labute approximate surface area is 102 Å². The van der Waals surface area contributed by atoms with E-state index in [1.807, 2.05) is 0 Å². The number of amides is 1. The lowest BCUT2D eigenvalue weighted by Gasteiger charge is -1.99. The van der Waals surface area contributed by atoms with Crippen molar-refractivity contribution in [3.05, 3.63) is 29.7 Å². The minimum atomic E-state index is -1.25. The molecule has 2 heterocycles. The van der Waals surface area contributed by atoms with Crippen LogP contribution in [0, 0.1) is 0 Å². The van der Waals surface area contributed by atoms with Gasteiger partial charge >= 0.3 is 5.97 Å². The fourth-order valence-corrected chi connectivity index (χ4v) is 1.48. The normalized spacial score (nSPS) is 10.3. The summed E-state index contributed by atoms with van der Waals surface area (Å²) in [5.41, 5.74) is -0.290. The summed E-state index contributed by atoms with van der Waals surface area (Å²) in [5, 5.41) is 19.1. The number of aromatic carboxylic acids is 1. The highest BCUT2D eigenvalue weighted by Crippen LogP contribution is 2.10. The van der Waals surface area contributed by atoms with Gasteiger partial charge in [-0.15, -0.1) is 0 Å². The Kier molecular flexibility index (Phi) is 2.84. The molecule has 8 nitrogen and oxygen atoms in total. The minimum Gasteiger partial charge on any atom is -0.476 e. The summed E-state index contributed by atoms with van der Waals surface area (Å²) >= 11 is 0. The third-order valence-electron chi connectivity index (χ3n) is 2.23. The molecule has 0 aliphatic rings. The van der Waals surface area contributed by atoms with Crippen LogP contribution in [0.1, 0.15) is 20.8 Å². The van der Waals surface area contributed by atoms with Crippen molar-refractivity contribution < 1.29 is 14.7 Å². The lowest BCUT2D eigenvalue weighted by atomic mass is 10.2. The van der Waals surface area contributed by atoms with E-state index >= 15 is 0 Å². The molecular weight excluding hydrogens is 238 g/mol. The molecule has 2 N–H and O–H groups in total. The highest BCUT2D eigenvalue weighted by Gasteiger charge is 2.21. The van der Waals surface area contributed by atoms with Gasteiger partial charge in [-0.05, 0) is 0 Å². The van der Waals surface area contributed by atoms with Crippen molar-refractivity contribution in [1.82, 2.24) is 19.6 Å². The Bertz CT molecular complexity index is 613. The summed E-state index contributed by atoms with van der Waals surface area (Å²) in [6.45, 7) is 0. The first kappa shape index (κ1) is 11.8. The van der Waals surface area contributed by atoms with Gasteiger partial charge < -0.3 is 10.4 Å². The summed E-state index contributed by atoms with van der Waals surface area (Å²) in [7, 11) is 3.26. The molecule has 2 aromatic rings. The minimum absolute atomic E-state index is 0.00402. The van der Waals surface area contributed by atoms with Gasteiger partial charge in [0.25, 0.3) is 5.91 Å². The molecule has 2 rings (SSSR count). The van der Waals surface area contributed by atoms with E-state index < -0.39 is 11.9 Å². The zero-order valence-electron chi connectivity index (χ0n) is 9.78. The van der Waals surface area contributed by atoms with Crippen LogP contribution in [0.5, 0.6) is 0 Å². The number of hydrogen-bond acceptors (Lipinski definition) is 4. The van der Waals surface area contributed by atoms with E-state index in [1.165, 1.54) is 15.6 Å². The fourth-order valence-electron chi connectivity index (χ4n) is 1.48. The van der Waals surface area contributed by atoms with E-state index in [9.17, 15) is 9.59 Å². The van der Waals surface area contributed by atoms with E-state index in [0.29, 0.717) is 5.82 Å². The summed E-state index contributed by atoms with van der Waals surface area (Å²) < 4.78 is 2.80. The average Bonchev–Trinajstić information content (AvgIpc) is 2.85. The van der Waals surface area contributed by atoms with Crippen LogP contribution in [0.4, 0.5) is 5.82 Å². The van der Waals surface area contributed by atoms with Crippen molar-refractivity contribution >= 4 is 17.7 Å². The Morgan fingerprint density at radius 2 is 2.00 bits per heavy atom. The maximum Gasteiger partial charge on any atom is 0.357 e. The fraction of sp³-hybridized carbons (Fsp3) is 0.200. The van der Waals surface area contributed by atoms with Crippen LogP contribution < -0.4 is 5.32 Å². The van der Waals surface area contributed by atoms with Gasteiger partial charge in [-0.1, -0.05) is 0 Å². The van der Waals surface area contributed by atoms with Crippen LogP contribution in [-0.2, 0) is 14.1 Å². The molecule has 0 atom stereocenters. The standard InChI is InChI=1S/C10H11N5O3/c1-14-4-3-7(12-14)11-9(16)6-5-15(2)13-8(6)10(17)18/h3-5H,1-2H3,(H,17,18)(H,11,12,16). The first-order chi connectivity index (χ1) is 8.47. The van der Waals surface area contributed by atoms with Crippen LogP contribution in [0.2, 0.25) is 0 Å². The van der Waals surface area contributed by atoms with Crippen molar-refractivity contribution in [2.75, 3.05) is 5.32 Å². The number of aryl methyl sites for hydroxylation is 2. The van der Waals surface area contributed by atoms with Gasteiger partial charge in [0.15, 0.2) is 11.5 Å². The maximum absolute atomic E-state index is 11.9. The summed E-state index contributed by atoms with van der Waals surface area (Å²) in [4.78, 5) is 22.8. The Balaban J connectivity index is 2.26. The number of carboxylic acid groups (broad SMARTS) is 1. The Morgan fingerprint density at radius 1 is 1.28 bits per heavy atom. The van der Waals surface area contributed by atoms with E-state index in [1.54, 1.807) is 26.4 Å².